The molecule has 0 saturated heterocycles. The Kier molecular flexibility index (Phi) is 14.0. The number of hydrogen-bond donors (Lipinski definition) is 0. The van der Waals surface area contributed by atoms with Crippen LogP contribution in [0.4, 0.5) is 0 Å². The minimum atomic E-state index is 1.10. The highest BCUT2D eigenvalue weighted by Gasteiger charge is 1.87. The zero-order valence-electron chi connectivity index (χ0n) is 11.1. The second-order valence-electron chi connectivity index (χ2n) is 4.38. The Bertz CT molecular complexity index is 165. The first-order chi connectivity index (χ1) is 7.91. The number of hydrogen-bond acceptors (Lipinski definition) is 0. The summed E-state index contributed by atoms with van der Waals surface area (Å²) in [5.41, 5.74) is 0. The first-order valence-corrected chi connectivity index (χ1v) is 6.97. The summed E-state index contributed by atoms with van der Waals surface area (Å²) < 4.78 is 0. The lowest BCUT2D eigenvalue weighted by molar-refractivity contribution is 0.650. The van der Waals surface area contributed by atoms with Crippen LogP contribution in [0.2, 0.25) is 0 Å². The molecule has 0 heterocycles. The molecule has 0 spiro atoms. The molecule has 0 nitrogen and oxygen atoms in total. The van der Waals surface area contributed by atoms with E-state index in [0.29, 0.717) is 0 Å². The Balaban J connectivity index is 3.04. The summed E-state index contributed by atoms with van der Waals surface area (Å²) in [5, 5.41) is 0. The molecule has 0 heteroatoms. The van der Waals surface area contributed by atoms with Crippen LogP contribution in [0, 0.1) is 6.92 Å². The Morgan fingerprint density at radius 1 is 0.688 bits per heavy atom. The van der Waals surface area contributed by atoms with Crippen LogP contribution >= 0.6 is 0 Å². The predicted molar refractivity (Wildman–Crippen MR) is 75.5 cm³/mol. The Morgan fingerprint density at radius 3 is 1.75 bits per heavy atom. The van der Waals surface area contributed by atoms with Crippen molar-refractivity contribution in [3.8, 4) is 0 Å². The van der Waals surface area contributed by atoms with Crippen molar-refractivity contribution in [3.63, 3.8) is 0 Å². The molecule has 0 aliphatic carbocycles. The SMILES string of the molecule is [CH2]CCCCCCC=CCCCCC=CC. The van der Waals surface area contributed by atoms with Crippen LogP contribution in [0.25, 0.3) is 0 Å². The fraction of sp³-hybridized carbons (Fsp3) is 0.688. The lowest BCUT2D eigenvalue weighted by Gasteiger charge is -1.96. The van der Waals surface area contributed by atoms with Crippen molar-refractivity contribution in [1.29, 1.82) is 0 Å². The van der Waals surface area contributed by atoms with Gasteiger partial charge in [0.2, 0.25) is 0 Å². The summed E-state index contributed by atoms with van der Waals surface area (Å²) in [6, 6.07) is 0. The number of allylic oxidation sites excluding steroid dienone is 4. The summed E-state index contributed by atoms with van der Waals surface area (Å²) in [6.45, 7) is 5.95. The lowest BCUT2D eigenvalue weighted by atomic mass is 10.1. The second kappa shape index (κ2) is 14.5. The molecular weight excluding hydrogens is 192 g/mol. The molecule has 0 rings (SSSR count). The molecule has 16 heavy (non-hydrogen) atoms. The van der Waals surface area contributed by atoms with E-state index >= 15 is 0 Å². The van der Waals surface area contributed by atoms with Crippen molar-refractivity contribution >= 4 is 0 Å². The van der Waals surface area contributed by atoms with Crippen LogP contribution in [0.5, 0.6) is 0 Å². The fourth-order valence-corrected chi connectivity index (χ4v) is 1.72. The molecular formula is C16H29. The highest BCUT2D eigenvalue weighted by molar-refractivity contribution is 4.82. The summed E-state index contributed by atoms with van der Waals surface area (Å²) in [4.78, 5) is 0. The van der Waals surface area contributed by atoms with Gasteiger partial charge in [-0.2, -0.15) is 0 Å². The van der Waals surface area contributed by atoms with Gasteiger partial charge in [0.15, 0.2) is 0 Å². The molecule has 0 amide bonds. The zero-order valence-corrected chi connectivity index (χ0v) is 11.1. The molecule has 1 radical (unpaired) electrons. The zero-order chi connectivity index (χ0) is 11.9. The predicted octanol–water partition coefficient (Wildman–Crippen LogP) is 5.85. The molecule has 0 aliphatic heterocycles. The largest absolute Gasteiger partial charge is 0.0917 e. The van der Waals surface area contributed by atoms with Gasteiger partial charge in [-0.05, 0) is 45.4 Å². The van der Waals surface area contributed by atoms with Gasteiger partial charge in [-0.25, -0.2) is 0 Å². The molecule has 0 aromatic carbocycles. The van der Waals surface area contributed by atoms with Gasteiger partial charge in [0.25, 0.3) is 0 Å². The molecule has 0 aliphatic rings. The topological polar surface area (TPSA) is 0 Å². The summed E-state index contributed by atoms with van der Waals surface area (Å²) >= 11 is 0. The van der Waals surface area contributed by atoms with Crippen molar-refractivity contribution in [1.82, 2.24) is 0 Å². The normalized spacial score (nSPS) is 11.9. The van der Waals surface area contributed by atoms with Crippen LogP contribution in [-0.2, 0) is 0 Å². The molecule has 0 unspecified atom stereocenters. The van der Waals surface area contributed by atoms with Crippen molar-refractivity contribution in [2.75, 3.05) is 0 Å². The molecule has 0 aromatic heterocycles. The van der Waals surface area contributed by atoms with Crippen molar-refractivity contribution in [3.05, 3.63) is 31.2 Å². The molecule has 93 valence electrons. The van der Waals surface area contributed by atoms with Crippen LogP contribution in [-0.4, -0.2) is 0 Å². The number of rotatable bonds is 11. The third-order valence-corrected chi connectivity index (χ3v) is 2.76. The Morgan fingerprint density at radius 2 is 1.19 bits per heavy atom. The van der Waals surface area contributed by atoms with Crippen molar-refractivity contribution < 1.29 is 0 Å². The van der Waals surface area contributed by atoms with Gasteiger partial charge in [-0.3, -0.25) is 0 Å². The van der Waals surface area contributed by atoms with Crippen LogP contribution in [0.3, 0.4) is 0 Å². The van der Waals surface area contributed by atoms with E-state index in [2.05, 4.69) is 38.2 Å². The van der Waals surface area contributed by atoms with Gasteiger partial charge in [-0.1, -0.05) is 56.9 Å². The van der Waals surface area contributed by atoms with E-state index in [1.807, 2.05) is 0 Å². The highest BCUT2D eigenvalue weighted by atomic mass is 13.9. The van der Waals surface area contributed by atoms with Gasteiger partial charge in [0, 0.05) is 0 Å². The first kappa shape index (κ1) is 15.5. The molecule has 0 fully saturated rings. The minimum Gasteiger partial charge on any atom is -0.0917 e. The van der Waals surface area contributed by atoms with Crippen molar-refractivity contribution in [2.24, 2.45) is 0 Å². The van der Waals surface area contributed by atoms with Gasteiger partial charge >= 0.3 is 0 Å². The average Bonchev–Trinajstić information content (AvgIpc) is 2.31. The van der Waals surface area contributed by atoms with Crippen LogP contribution in [0.15, 0.2) is 24.3 Å². The maximum Gasteiger partial charge on any atom is -0.0351 e. The van der Waals surface area contributed by atoms with Crippen LogP contribution < -0.4 is 0 Å². The summed E-state index contributed by atoms with van der Waals surface area (Å²) in [6.07, 6.45) is 22.1. The molecule has 0 aromatic rings. The smallest absolute Gasteiger partial charge is 0.0351 e. The van der Waals surface area contributed by atoms with Gasteiger partial charge in [-0.15, -0.1) is 0 Å². The molecule has 0 bridgehead atoms. The van der Waals surface area contributed by atoms with E-state index in [4.69, 9.17) is 0 Å². The summed E-state index contributed by atoms with van der Waals surface area (Å²) in [5.74, 6) is 0. The maximum atomic E-state index is 3.86. The van der Waals surface area contributed by atoms with Crippen molar-refractivity contribution in [2.45, 2.75) is 71.1 Å². The highest BCUT2D eigenvalue weighted by Crippen LogP contribution is 2.06. The Hall–Kier alpha value is -0.520. The quantitative estimate of drug-likeness (QED) is 0.303. The van der Waals surface area contributed by atoms with Gasteiger partial charge in [0.05, 0.1) is 0 Å². The second-order valence-corrected chi connectivity index (χ2v) is 4.38. The Labute approximate surface area is 103 Å². The van der Waals surface area contributed by atoms with Gasteiger partial charge < -0.3 is 0 Å². The van der Waals surface area contributed by atoms with E-state index in [1.54, 1.807) is 0 Å². The average molecular weight is 221 g/mol. The fourth-order valence-electron chi connectivity index (χ4n) is 1.72. The number of unbranched alkanes of at least 4 members (excludes halogenated alkanes) is 8. The van der Waals surface area contributed by atoms with E-state index in [1.165, 1.54) is 57.8 Å². The lowest BCUT2D eigenvalue weighted by Crippen LogP contribution is -1.76. The van der Waals surface area contributed by atoms with E-state index in [-0.39, 0.29) is 0 Å². The van der Waals surface area contributed by atoms with Gasteiger partial charge in [0.1, 0.15) is 0 Å². The standard InChI is InChI=1S/C16H29/c1-3-5-7-9-11-13-15-16-14-12-10-8-6-4-2/h4,6,15-16H,1,3,5,7-14H2,2H3. The molecule has 0 N–H and O–H groups in total. The molecule has 0 saturated carbocycles. The van der Waals surface area contributed by atoms with E-state index in [9.17, 15) is 0 Å². The summed E-state index contributed by atoms with van der Waals surface area (Å²) in [7, 11) is 0. The minimum absolute atomic E-state index is 1.10. The first-order valence-electron chi connectivity index (χ1n) is 6.97. The molecule has 0 atom stereocenters. The third-order valence-electron chi connectivity index (χ3n) is 2.76. The monoisotopic (exact) mass is 221 g/mol. The third kappa shape index (κ3) is 13.5. The maximum absolute atomic E-state index is 3.86. The van der Waals surface area contributed by atoms with E-state index < -0.39 is 0 Å². The van der Waals surface area contributed by atoms with E-state index in [0.717, 1.165) is 6.42 Å². The van der Waals surface area contributed by atoms with Crippen LogP contribution in [0.1, 0.15) is 71.1 Å².